The van der Waals surface area contributed by atoms with Crippen molar-refractivity contribution in [2.75, 3.05) is 20.6 Å². The minimum absolute atomic E-state index is 0.152. The molecule has 0 aromatic heterocycles. The predicted octanol–water partition coefficient (Wildman–Crippen LogP) is 3.28. The zero-order valence-electron chi connectivity index (χ0n) is 9.48. The molecule has 0 aliphatic carbocycles. The molecule has 0 bridgehead atoms. The Morgan fingerprint density at radius 2 is 2.00 bits per heavy atom. The lowest BCUT2D eigenvalue weighted by Gasteiger charge is -2.11. The lowest BCUT2D eigenvalue weighted by atomic mass is 10.1. The van der Waals surface area contributed by atoms with Crippen molar-refractivity contribution in [3.63, 3.8) is 0 Å². The lowest BCUT2D eigenvalue weighted by Crippen LogP contribution is -2.14. The highest BCUT2D eigenvalue weighted by Crippen LogP contribution is 2.23. The van der Waals surface area contributed by atoms with Crippen LogP contribution in [0.3, 0.4) is 0 Å². The highest BCUT2D eigenvalue weighted by Gasteiger charge is 2.09. The summed E-state index contributed by atoms with van der Waals surface area (Å²) in [6, 6.07) is 3.48. The van der Waals surface area contributed by atoms with Gasteiger partial charge < -0.3 is 4.90 Å². The largest absolute Gasteiger partial charge is 0.309 e. The molecule has 0 fully saturated rings. The van der Waals surface area contributed by atoms with Crippen molar-refractivity contribution >= 4 is 11.6 Å². The Balaban J connectivity index is 2.71. The van der Waals surface area contributed by atoms with Crippen LogP contribution in [-0.2, 0) is 6.42 Å². The fourth-order valence-corrected chi connectivity index (χ4v) is 1.76. The molecule has 0 unspecified atom stereocenters. The van der Waals surface area contributed by atoms with E-state index in [-0.39, 0.29) is 5.82 Å². The summed E-state index contributed by atoms with van der Waals surface area (Å²) in [7, 11) is 4.02. The second kappa shape index (κ2) is 5.47. The molecule has 15 heavy (non-hydrogen) atoms. The molecule has 0 radical (unpaired) electrons. The molecule has 0 saturated carbocycles. The van der Waals surface area contributed by atoms with Gasteiger partial charge in [0.25, 0.3) is 0 Å². The van der Waals surface area contributed by atoms with Crippen molar-refractivity contribution in [2.24, 2.45) is 0 Å². The average Bonchev–Trinajstić information content (AvgIpc) is 2.17. The first-order valence-corrected chi connectivity index (χ1v) is 5.48. The van der Waals surface area contributed by atoms with Crippen molar-refractivity contribution in [2.45, 2.75) is 19.8 Å². The van der Waals surface area contributed by atoms with Gasteiger partial charge in [0.15, 0.2) is 0 Å². The van der Waals surface area contributed by atoms with E-state index in [1.165, 1.54) is 0 Å². The quantitative estimate of drug-likeness (QED) is 0.766. The lowest BCUT2D eigenvalue weighted by molar-refractivity contribution is 0.399. The van der Waals surface area contributed by atoms with Crippen LogP contribution in [0, 0.1) is 12.7 Å². The second-order valence-electron chi connectivity index (χ2n) is 4.06. The third-order valence-electron chi connectivity index (χ3n) is 2.41. The Labute approximate surface area is 95.8 Å². The Kier molecular flexibility index (Phi) is 4.55. The summed E-state index contributed by atoms with van der Waals surface area (Å²) < 4.78 is 13.7. The summed E-state index contributed by atoms with van der Waals surface area (Å²) in [6.07, 6.45) is 1.62. The van der Waals surface area contributed by atoms with E-state index in [0.717, 1.165) is 13.0 Å². The molecule has 0 aliphatic rings. The molecule has 1 rings (SSSR count). The maximum absolute atomic E-state index is 13.7. The van der Waals surface area contributed by atoms with Gasteiger partial charge in [-0.25, -0.2) is 4.39 Å². The summed E-state index contributed by atoms with van der Waals surface area (Å²) in [6.45, 7) is 2.71. The predicted molar refractivity (Wildman–Crippen MR) is 63.0 cm³/mol. The monoisotopic (exact) mass is 229 g/mol. The summed E-state index contributed by atoms with van der Waals surface area (Å²) in [5, 5.41) is 0.539. The average molecular weight is 230 g/mol. The van der Waals surface area contributed by atoms with E-state index in [0.29, 0.717) is 22.6 Å². The van der Waals surface area contributed by atoms with Gasteiger partial charge >= 0.3 is 0 Å². The molecular formula is C12H17ClFN. The highest BCUT2D eigenvalue weighted by atomic mass is 35.5. The fraction of sp³-hybridized carbons (Fsp3) is 0.500. The third-order valence-corrected chi connectivity index (χ3v) is 2.77. The summed E-state index contributed by atoms with van der Waals surface area (Å²) in [4.78, 5) is 2.08. The number of rotatable bonds is 4. The number of hydrogen-bond acceptors (Lipinski definition) is 1. The summed E-state index contributed by atoms with van der Waals surface area (Å²) in [5.41, 5.74) is 1.32. The second-order valence-corrected chi connectivity index (χ2v) is 4.47. The molecule has 0 amide bonds. The number of hydrogen-bond donors (Lipinski definition) is 0. The number of halogens is 2. The first kappa shape index (κ1) is 12.5. The van der Waals surface area contributed by atoms with Crippen LogP contribution in [0.25, 0.3) is 0 Å². The zero-order valence-corrected chi connectivity index (χ0v) is 10.2. The molecule has 0 saturated heterocycles. The Bertz CT molecular complexity index is 337. The van der Waals surface area contributed by atoms with Crippen molar-refractivity contribution in [1.29, 1.82) is 0 Å². The van der Waals surface area contributed by atoms with E-state index in [2.05, 4.69) is 4.90 Å². The maximum atomic E-state index is 13.7. The van der Waals surface area contributed by atoms with E-state index in [1.54, 1.807) is 19.1 Å². The normalized spacial score (nSPS) is 11.1. The SMILES string of the molecule is Cc1ccc(Cl)c(CCCN(C)C)c1F. The van der Waals surface area contributed by atoms with Crippen LogP contribution in [0.4, 0.5) is 4.39 Å². The van der Waals surface area contributed by atoms with Crippen LogP contribution in [0.2, 0.25) is 5.02 Å². The van der Waals surface area contributed by atoms with Gasteiger partial charge in [-0.05, 0) is 52.0 Å². The minimum atomic E-state index is -0.152. The van der Waals surface area contributed by atoms with Crippen LogP contribution in [0.15, 0.2) is 12.1 Å². The van der Waals surface area contributed by atoms with Crippen molar-refractivity contribution in [3.8, 4) is 0 Å². The molecule has 1 aromatic rings. The first-order chi connectivity index (χ1) is 7.02. The van der Waals surface area contributed by atoms with Crippen molar-refractivity contribution in [3.05, 3.63) is 34.1 Å². The molecule has 1 nitrogen and oxygen atoms in total. The Morgan fingerprint density at radius 3 is 2.60 bits per heavy atom. The van der Waals surface area contributed by atoms with E-state index < -0.39 is 0 Å². The van der Waals surface area contributed by atoms with Crippen LogP contribution in [0.5, 0.6) is 0 Å². The van der Waals surface area contributed by atoms with Gasteiger partial charge in [-0.3, -0.25) is 0 Å². The summed E-state index contributed by atoms with van der Waals surface area (Å²) in [5.74, 6) is -0.152. The maximum Gasteiger partial charge on any atom is 0.130 e. The van der Waals surface area contributed by atoms with Crippen molar-refractivity contribution in [1.82, 2.24) is 4.90 Å². The van der Waals surface area contributed by atoms with Crippen LogP contribution < -0.4 is 0 Å². The third kappa shape index (κ3) is 3.47. The standard InChI is InChI=1S/C12H17ClFN/c1-9-6-7-11(13)10(12(9)14)5-4-8-15(2)3/h6-7H,4-5,8H2,1-3H3. The number of nitrogens with zero attached hydrogens (tertiary/aromatic N) is 1. The van der Waals surface area contributed by atoms with Gasteiger partial charge in [-0.15, -0.1) is 0 Å². The number of benzene rings is 1. The Morgan fingerprint density at radius 1 is 1.33 bits per heavy atom. The fourth-order valence-electron chi connectivity index (χ4n) is 1.52. The van der Waals surface area contributed by atoms with Gasteiger partial charge in [-0.2, -0.15) is 0 Å². The van der Waals surface area contributed by atoms with Crippen molar-refractivity contribution < 1.29 is 4.39 Å². The molecule has 0 heterocycles. The molecule has 1 aromatic carbocycles. The Hall–Kier alpha value is -0.600. The summed E-state index contributed by atoms with van der Waals surface area (Å²) >= 11 is 5.96. The van der Waals surface area contributed by atoms with E-state index in [4.69, 9.17) is 11.6 Å². The van der Waals surface area contributed by atoms with E-state index in [1.807, 2.05) is 14.1 Å². The van der Waals surface area contributed by atoms with Gasteiger partial charge in [0.05, 0.1) is 0 Å². The smallest absolute Gasteiger partial charge is 0.130 e. The molecule has 0 atom stereocenters. The van der Waals surface area contributed by atoms with Crippen LogP contribution >= 0.6 is 11.6 Å². The van der Waals surface area contributed by atoms with E-state index in [9.17, 15) is 4.39 Å². The highest BCUT2D eigenvalue weighted by molar-refractivity contribution is 6.31. The van der Waals surface area contributed by atoms with Gasteiger partial charge in [-0.1, -0.05) is 17.7 Å². The first-order valence-electron chi connectivity index (χ1n) is 5.10. The van der Waals surface area contributed by atoms with Crippen LogP contribution in [-0.4, -0.2) is 25.5 Å². The molecule has 3 heteroatoms. The van der Waals surface area contributed by atoms with Gasteiger partial charge in [0, 0.05) is 10.6 Å². The molecule has 0 aliphatic heterocycles. The van der Waals surface area contributed by atoms with Gasteiger partial charge in [0.2, 0.25) is 0 Å². The topological polar surface area (TPSA) is 3.24 Å². The molecule has 84 valence electrons. The molecule has 0 spiro atoms. The number of aryl methyl sites for hydroxylation is 1. The van der Waals surface area contributed by atoms with Gasteiger partial charge in [0.1, 0.15) is 5.82 Å². The molecular weight excluding hydrogens is 213 g/mol. The zero-order chi connectivity index (χ0) is 11.4. The van der Waals surface area contributed by atoms with E-state index >= 15 is 0 Å². The molecule has 0 N–H and O–H groups in total. The minimum Gasteiger partial charge on any atom is -0.309 e. The van der Waals surface area contributed by atoms with Crippen LogP contribution in [0.1, 0.15) is 17.5 Å².